The first-order valence-corrected chi connectivity index (χ1v) is 7.45. The second-order valence-electron chi connectivity index (χ2n) is 5.47. The van der Waals surface area contributed by atoms with E-state index in [0.717, 1.165) is 18.8 Å². The Balaban J connectivity index is 2.17. The Morgan fingerprint density at radius 1 is 1.37 bits per heavy atom. The molecule has 1 aliphatic carbocycles. The van der Waals surface area contributed by atoms with E-state index in [-0.39, 0.29) is 11.9 Å². The van der Waals surface area contributed by atoms with Gasteiger partial charge in [0, 0.05) is 10.6 Å². The number of hydrogen-bond donors (Lipinski definition) is 2. The van der Waals surface area contributed by atoms with Gasteiger partial charge in [0.05, 0.1) is 6.04 Å². The van der Waals surface area contributed by atoms with Crippen LogP contribution < -0.4 is 11.3 Å². The Bertz CT molecular complexity index is 396. The molecular weight excluding hydrogens is 263 g/mol. The minimum Gasteiger partial charge on any atom is -0.271 e. The van der Waals surface area contributed by atoms with Crippen molar-refractivity contribution in [1.29, 1.82) is 0 Å². The van der Waals surface area contributed by atoms with E-state index in [9.17, 15) is 4.39 Å². The van der Waals surface area contributed by atoms with Crippen LogP contribution in [0.2, 0.25) is 5.02 Å². The fourth-order valence-electron chi connectivity index (χ4n) is 3.19. The van der Waals surface area contributed by atoms with Crippen molar-refractivity contribution in [2.45, 2.75) is 45.1 Å². The monoisotopic (exact) mass is 284 g/mol. The van der Waals surface area contributed by atoms with Crippen LogP contribution in [-0.4, -0.2) is 0 Å². The van der Waals surface area contributed by atoms with Gasteiger partial charge in [0.25, 0.3) is 0 Å². The average molecular weight is 285 g/mol. The van der Waals surface area contributed by atoms with E-state index < -0.39 is 0 Å². The van der Waals surface area contributed by atoms with Crippen molar-refractivity contribution < 1.29 is 4.39 Å². The van der Waals surface area contributed by atoms with E-state index in [1.807, 2.05) is 0 Å². The van der Waals surface area contributed by atoms with Crippen LogP contribution in [0.4, 0.5) is 4.39 Å². The Hall–Kier alpha value is -0.640. The summed E-state index contributed by atoms with van der Waals surface area (Å²) in [5.74, 6) is 6.57. The van der Waals surface area contributed by atoms with E-state index in [0.29, 0.717) is 16.5 Å². The highest BCUT2D eigenvalue weighted by atomic mass is 35.5. The zero-order valence-electron chi connectivity index (χ0n) is 11.3. The molecule has 19 heavy (non-hydrogen) atoms. The van der Waals surface area contributed by atoms with Gasteiger partial charge >= 0.3 is 0 Å². The number of rotatable bonds is 4. The summed E-state index contributed by atoms with van der Waals surface area (Å²) in [5.41, 5.74) is 3.30. The summed E-state index contributed by atoms with van der Waals surface area (Å²) in [4.78, 5) is 0. The topological polar surface area (TPSA) is 38.0 Å². The third-order valence-corrected chi connectivity index (χ3v) is 4.76. The van der Waals surface area contributed by atoms with Gasteiger partial charge in [0.2, 0.25) is 0 Å². The van der Waals surface area contributed by atoms with Crippen LogP contribution in [0, 0.1) is 17.7 Å². The summed E-state index contributed by atoms with van der Waals surface area (Å²) in [7, 11) is 0. The molecule has 106 valence electrons. The Kier molecular flexibility index (Phi) is 5.20. The molecule has 1 aromatic rings. The highest BCUT2D eigenvalue weighted by Gasteiger charge is 2.30. The van der Waals surface area contributed by atoms with Gasteiger partial charge in [-0.05, 0) is 36.8 Å². The Morgan fingerprint density at radius 2 is 2.05 bits per heavy atom. The molecule has 3 N–H and O–H groups in total. The van der Waals surface area contributed by atoms with E-state index >= 15 is 0 Å². The second kappa shape index (κ2) is 6.69. The minimum atomic E-state index is -0.270. The predicted molar refractivity (Wildman–Crippen MR) is 77.2 cm³/mol. The standard InChI is InChI=1S/C15H22ClFN2/c1-2-10-6-8-11(9-7-10)15(19-18)14-12(16)4-3-5-13(14)17/h3-5,10-11,15,19H,2,6-9,18H2,1H3. The van der Waals surface area contributed by atoms with E-state index in [1.54, 1.807) is 12.1 Å². The first kappa shape index (κ1) is 14.8. The molecular formula is C15H22ClFN2. The number of hydrogen-bond acceptors (Lipinski definition) is 2. The first-order valence-electron chi connectivity index (χ1n) is 7.07. The second-order valence-corrected chi connectivity index (χ2v) is 5.88. The highest BCUT2D eigenvalue weighted by Crippen LogP contribution is 2.40. The summed E-state index contributed by atoms with van der Waals surface area (Å²) in [6, 6.07) is 4.61. The van der Waals surface area contributed by atoms with Crippen LogP contribution in [-0.2, 0) is 0 Å². The number of hydrazine groups is 1. The molecule has 2 nitrogen and oxygen atoms in total. The molecule has 1 fully saturated rings. The maximum Gasteiger partial charge on any atom is 0.129 e. The zero-order chi connectivity index (χ0) is 13.8. The lowest BCUT2D eigenvalue weighted by Gasteiger charge is -2.34. The van der Waals surface area contributed by atoms with Crippen molar-refractivity contribution in [3.05, 3.63) is 34.6 Å². The van der Waals surface area contributed by atoms with Crippen LogP contribution >= 0.6 is 11.6 Å². The molecule has 0 spiro atoms. The van der Waals surface area contributed by atoms with Crippen molar-refractivity contribution in [2.75, 3.05) is 0 Å². The van der Waals surface area contributed by atoms with Gasteiger partial charge in [0.15, 0.2) is 0 Å². The molecule has 1 atom stereocenters. The molecule has 0 heterocycles. The van der Waals surface area contributed by atoms with Crippen LogP contribution in [0.5, 0.6) is 0 Å². The molecule has 2 rings (SSSR count). The van der Waals surface area contributed by atoms with Crippen LogP contribution in [0.25, 0.3) is 0 Å². The molecule has 1 saturated carbocycles. The third kappa shape index (κ3) is 3.28. The number of benzene rings is 1. The van der Waals surface area contributed by atoms with Crippen molar-refractivity contribution in [3.63, 3.8) is 0 Å². The third-order valence-electron chi connectivity index (χ3n) is 4.43. The van der Waals surface area contributed by atoms with Gasteiger partial charge in [-0.25, -0.2) is 4.39 Å². The highest BCUT2D eigenvalue weighted by molar-refractivity contribution is 6.31. The fourth-order valence-corrected chi connectivity index (χ4v) is 3.47. The molecule has 0 aliphatic heterocycles. The molecule has 0 radical (unpaired) electrons. The lowest BCUT2D eigenvalue weighted by Crippen LogP contribution is -2.36. The van der Waals surface area contributed by atoms with Crippen molar-refractivity contribution in [1.82, 2.24) is 5.43 Å². The molecule has 0 aromatic heterocycles. The zero-order valence-corrected chi connectivity index (χ0v) is 12.1. The summed E-state index contributed by atoms with van der Waals surface area (Å²) >= 11 is 6.14. The molecule has 1 unspecified atom stereocenters. The Morgan fingerprint density at radius 3 is 2.58 bits per heavy atom. The van der Waals surface area contributed by atoms with Crippen molar-refractivity contribution >= 4 is 11.6 Å². The van der Waals surface area contributed by atoms with Gasteiger partial charge in [-0.3, -0.25) is 11.3 Å². The minimum absolute atomic E-state index is 0.188. The van der Waals surface area contributed by atoms with Gasteiger partial charge in [-0.15, -0.1) is 0 Å². The Labute approximate surface area is 119 Å². The number of halogens is 2. The maximum atomic E-state index is 14.0. The fraction of sp³-hybridized carbons (Fsp3) is 0.600. The lowest BCUT2D eigenvalue weighted by atomic mass is 9.76. The van der Waals surface area contributed by atoms with E-state index in [2.05, 4.69) is 12.3 Å². The van der Waals surface area contributed by atoms with Gasteiger partial charge in [-0.1, -0.05) is 43.9 Å². The molecule has 4 heteroatoms. The molecule has 0 bridgehead atoms. The van der Waals surface area contributed by atoms with Gasteiger partial charge < -0.3 is 0 Å². The van der Waals surface area contributed by atoms with E-state index in [1.165, 1.54) is 25.3 Å². The number of nitrogens with one attached hydrogen (secondary N) is 1. The van der Waals surface area contributed by atoms with Crippen molar-refractivity contribution in [3.8, 4) is 0 Å². The smallest absolute Gasteiger partial charge is 0.129 e. The average Bonchev–Trinajstić information content (AvgIpc) is 2.43. The first-order chi connectivity index (χ1) is 9.17. The largest absolute Gasteiger partial charge is 0.271 e. The van der Waals surface area contributed by atoms with E-state index in [4.69, 9.17) is 17.4 Å². The summed E-state index contributed by atoms with van der Waals surface area (Å²) in [5, 5.41) is 0.459. The molecule has 1 aromatic carbocycles. The predicted octanol–water partition coefficient (Wildman–Crippen LogP) is 4.20. The van der Waals surface area contributed by atoms with Gasteiger partial charge in [-0.2, -0.15) is 0 Å². The molecule has 1 aliphatic rings. The van der Waals surface area contributed by atoms with Crippen LogP contribution in [0.3, 0.4) is 0 Å². The molecule has 0 amide bonds. The molecule has 0 saturated heterocycles. The van der Waals surface area contributed by atoms with Crippen LogP contribution in [0.15, 0.2) is 18.2 Å². The SMILES string of the molecule is CCC1CCC(C(NN)c2c(F)cccc2Cl)CC1. The number of nitrogens with two attached hydrogens (primary N) is 1. The van der Waals surface area contributed by atoms with Gasteiger partial charge in [0.1, 0.15) is 5.82 Å². The lowest BCUT2D eigenvalue weighted by molar-refractivity contribution is 0.217. The summed E-state index contributed by atoms with van der Waals surface area (Å²) in [6.07, 6.45) is 5.79. The quantitative estimate of drug-likeness (QED) is 0.642. The van der Waals surface area contributed by atoms with Crippen molar-refractivity contribution in [2.24, 2.45) is 17.7 Å². The summed E-state index contributed by atoms with van der Waals surface area (Å²) < 4.78 is 14.0. The summed E-state index contributed by atoms with van der Waals surface area (Å²) in [6.45, 7) is 2.23. The maximum absolute atomic E-state index is 14.0. The normalized spacial score (nSPS) is 25.3. The van der Waals surface area contributed by atoms with Crippen LogP contribution in [0.1, 0.15) is 50.6 Å².